The molecule has 5 heteroatoms. The SMILES string of the molecule is CC(CN)(NC(=O)C1CCCS1)C1CC1.Cl. The Labute approximate surface area is 108 Å². The first kappa shape index (κ1) is 14.1. The normalized spacial score (nSPS) is 28.0. The van der Waals surface area contributed by atoms with Crippen LogP contribution in [-0.4, -0.2) is 29.0 Å². The van der Waals surface area contributed by atoms with Crippen molar-refractivity contribution in [3.8, 4) is 0 Å². The Hall–Kier alpha value is 0.0700. The number of nitrogens with one attached hydrogen (secondary N) is 1. The van der Waals surface area contributed by atoms with Crippen LogP contribution >= 0.6 is 24.2 Å². The third-order valence-corrected chi connectivity index (χ3v) is 4.91. The van der Waals surface area contributed by atoms with Crippen LogP contribution in [0.1, 0.15) is 32.6 Å². The maximum Gasteiger partial charge on any atom is 0.233 e. The number of carbonyl (C=O) groups is 1. The van der Waals surface area contributed by atoms with E-state index in [1.807, 2.05) is 0 Å². The van der Waals surface area contributed by atoms with Crippen molar-refractivity contribution in [2.75, 3.05) is 12.3 Å². The van der Waals surface area contributed by atoms with Crippen molar-refractivity contribution in [2.24, 2.45) is 11.7 Å². The average Bonchev–Trinajstić information content (AvgIpc) is 2.94. The van der Waals surface area contributed by atoms with E-state index in [0.29, 0.717) is 12.5 Å². The first-order valence-electron chi connectivity index (χ1n) is 5.79. The Morgan fingerprint density at radius 3 is 2.62 bits per heavy atom. The van der Waals surface area contributed by atoms with Gasteiger partial charge in [0.05, 0.1) is 10.8 Å². The molecule has 2 rings (SSSR count). The van der Waals surface area contributed by atoms with Gasteiger partial charge in [-0.05, 0) is 44.3 Å². The first-order chi connectivity index (χ1) is 7.15. The Kier molecular flexibility index (Phi) is 4.95. The van der Waals surface area contributed by atoms with E-state index in [1.54, 1.807) is 11.8 Å². The molecule has 2 atom stereocenters. The summed E-state index contributed by atoms with van der Waals surface area (Å²) in [6, 6.07) is 0. The van der Waals surface area contributed by atoms with Gasteiger partial charge in [-0.25, -0.2) is 0 Å². The molecule has 3 N–H and O–H groups in total. The molecule has 1 saturated heterocycles. The van der Waals surface area contributed by atoms with Crippen LogP contribution in [0.25, 0.3) is 0 Å². The molecule has 0 spiro atoms. The topological polar surface area (TPSA) is 55.1 Å². The highest BCUT2D eigenvalue weighted by molar-refractivity contribution is 8.00. The second-order valence-corrected chi connectivity index (χ2v) is 6.20. The molecule has 0 bridgehead atoms. The van der Waals surface area contributed by atoms with Crippen LogP contribution in [0.2, 0.25) is 0 Å². The Bertz CT molecular complexity index is 254. The molecule has 2 fully saturated rings. The van der Waals surface area contributed by atoms with Crippen molar-refractivity contribution in [2.45, 2.75) is 43.4 Å². The summed E-state index contributed by atoms with van der Waals surface area (Å²) in [5.41, 5.74) is 5.62. The van der Waals surface area contributed by atoms with E-state index in [0.717, 1.165) is 12.2 Å². The average molecular weight is 265 g/mol. The van der Waals surface area contributed by atoms with Crippen LogP contribution < -0.4 is 11.1 Å². The van der Waals surface area contributed by atoms with E-state index in [-0.39, 0.29) is 29.1 Å². The number of hydrogen-bond donors (Lipinski definition) is 2. The van der Waals surface area contributed by atoms with Crippen molar-refractivity contribution in [3.05, 3.63) is 0 Å². The zero-order chi connectivity index (χ0) is 10.9. The summed E-state index contributed by atoms with van der Waals surface area (Å²) in [5, 5.41) is 3.34. The summed E-state index contributed by atoms with van der Waals surface area (Å²) in [5.74, 6) is 1.94. The molecule has 94 valence electrons. The van der Waals surface area contributed by atoms with Gasteiger partial charge in [0, 0.05) is 6.54 Å². The monoisotopic (exact) mass is 264 g/mol. The molecule has 0 aromatic heterocycles. The summed E-state index contributed by atoms with van der Waals surface area (Å²) in [6.45, 7) is 2.64. The summed E-state index contributed by atoms with van der Waals surface area (Å²) in [4.78, 5) is 12.0. The fraction of sp³-hybridized carbons (Fsp3) is 0.909. The Morgan fingerprint density at radius 2 is 2.19 bits per heavy atom. The van der Waals surface area contributed by atoms with Crippen LogP contribution in [-0.2, 0) is 4.79 Å². The van der Waals surface area contributed by atoms with Crippen molar-refractivity contribution in [3.63, 3.8) is 0 Å². The molecule has 1 aliphatic carbocycles. The van der Waals surface area contributed by atoms with Crippen LogP contribution in [0.3, 0.4) is 0 Å². The first-order valence-corrected chi connectivity index (χ1v) is 6.84. The fourth-order valence-electron chi connectivity index (χ4n) is 2.19. The predicted octanol–water partition coefficient (Wildman–Crippen LogP) is 1.55. The van der Waals surface area contributed by atoms with Gasteiger partial charge in [0.15, 0.2) is 0 Å². The van der Waals surface area contributed by atoms with Crippen molar-refractivity contribution < 1.29 is 4.79 Å². The molecular formula is C11H21ClN2OS. The molecule has 3 nitrogen and oxygen atoms in total. The molecule has 1 heterocycles. The summed E-state index contributed by atoms with van der Waals surface area (Å²) in [7, 11) is 0. The maximum absolute atomic E-state index is 12.0. The second-order valence-electron chi connectivity index (χ2n) is 4.89. The highest BCUT2D eigenvalue weighted by Crippen LogP contribution is 2.39. The van der Waals surface area contributed by atoms with E-state index in [2.05, 4.69) is 12.2 Å². The van der Waals surface area contributed by atoms with E-state index in [1.165, 1.54) is 19.3 Å². The van der Waals surface area contributed by atoms with E-state index < -0.39 is 0 Å². The maximum atomic E-state index is 12.0. The second kappa shape index (κ2) is 5.61. The molecule has 0 aromatic carbocycles. The zero-order valence-electron chi connectivity index (χ0n) is 9.70. The minimum absolute atomic E-state index is 0. The summed E-state index contributed by atoms with van der Waals surface area (Å²) in [6.07, 6.45) is 4.63. The van der Waals surface area contributed by atoms with Gasteiger partial charge in [0.2, 0.25) is 5.91 Å². The molecule has 1 amide bonds. The standard InChI is InChI=1S/C11H20N2OS.ClH/c1-11(7-12,8-4-5-8)13-10(14)9-3-2-6-15-9;/h8-9H,2-7,12H2,1H3,(H,13,14);1H. The molecule has 2 aliphatic rings. The number of halogens is 1. The molecule has 1 saturated carbocycles. The molecule has 2 unspecified atom stereocenters. The molecule has 0 radical (unpaired) electrons. The lowest BCUT2D eigenvalue weighted by Gasteiger charge is -2.30. The van der Waals surface area contributed by atoms with Gasteiger partial charge >= 0.3 is 0 Å². The van der Waals surface area contributed by atoms with Crippen LogP contribution in [0.4, 0.5) is 0 Å². The largest absolute Gasteiger partial charge is 0.348 e. The van der Waals surface area contributed by atoms with Crippen LogP contribution in [0.5, 0.6) is 0 Å². The lowest BCUT2D eigenvalue weighted by molar-refractivity contribution is -0.122. The third kappa shape index (κ3) is 3.05. The number of rotatable bonds is 4. The van der Waals surface area contributed by atoms with Crippen LogP contribution in [0.15, 0.2) is 0 Å². The highest BCUT2D eigenvalue weighted by atomic mass is 35.5. The minimum atomic E-state index is -0.153. The zero-order valence-corrected chi connectivity index (χ0v) is 11.3. The van der Waals surface area contributed by atoms with Gasteiger partial charge < -0.3 is 11.1 Å². The van der Waals surface area contributed by atoms with Gasteiger partial charge in [0.1, 0.15) is 0 Å². The van der Waals surface area contributed by atoms with Gasteiger partial charge in [0.25, 0.3) is 0 Å². The number of amides is 1. The summed E-state index contributed by atoms with van der Waals surface area (Å²) >= 11 is 1.78. The van der Waals surface area contributed by atoms with Gasteiger partial charge in [-0.3, -0.25) is 4.79 Å². The smallest absolute Gasteiger partial charge is 0.233 e. The molecular weight excluding hydrogens is 244 g/mol. The van der Waals surface area contributed by atoms with Crippen molar-refractivity contribution in [1.82, 2.24) is 5.32 Å². The van der Waals surface area contributed by atoms with Crippen molar-refractivity contribution in [1.29, 1.82) is 0 Å². The molecule has 0 aromatic rings. The predicted molar refractivity (Wildman–Crippen MR) is 71.1 cm³/mol. The lowest BCUT2D eigenvalue weighted by Crippen LogP contribution is -2.55. The quantitative estimate of drug-likeness (QED) is 0.810. The fourth-order valence-corrected chi connectivity index (χ4v) is 3.35. The number of thioether (sulfide) groups is 1. The van der Waals surface area contributed by atoms with Crippen molar-refractivity contribution >= 4 is 30.1 Å². The van der Waals surface area contributed by atoms with Gasteiger partial charge in [-0.2, -0.15) is 0 Å². The number of nitrogens with two attached hydrogens (primary N) is 1. The van der Waals surface area contributed by atoms with Crippen LogP contribution in [0, 0.1) is 5.92 Å². The Balaban J connectivity index is 0.00000128. The molecule has 1 aliphatic heterocycles. The Morgan fingerprint density at radius 1 is 1.50 bits per heavy atom. The lowest BCUT2D eigenvalue weighted by atomic mass is 9.95. The minimum Gasteiger partial charge on any atom is -0.348 e. The number of hydrogen-bond acceptors (Lipinski definition) is 3. The molecule has 16 heavy (non-hydrogen) atoms. The van der Waals surface area contributed by atoms with Gasteiger partial charge in [-0.1, -0.05) is 0 Å². The van der Waals surface area contributed by atoms with E-state index in [4.69, 9.17) is 5.73 Å². The van der Waals surface area contributed by atoms with E-state index >= 15 is 0 Å². The van der Waals surface area contributed by atoms with E-state index in [9.17, 15) is 4.79 Å². The highest BCUT2D eigenvalue weighted by Gasteiger charge is 2.42. The van der Waals surface area contributed by atoms with Gasteiger partial charge in [-0.15, -0.1) is 24.2 Å². The number of carbonyl (C=O) groups excluding carboxylic acids is 1. The summed E-state index contributed by atoms with van der Waals surface area (Å²) < 4.78 is 0. The third-order valence-electron chi connectivity index (χ3n) is 3.53.